The van der Waals surface area contributed by atoms with Crippen LogP contribution in [0.5, 0.6) is 0 Å². The monoisotopic (exact) mass is 283 g/mol. The number of hydrogen-bond acceptors (Lipinski definition) is 4. The lowest BCUT2D eigenvalue weighted by Crippen LogP contribution is -2.14. The van der Waals surface area contributed by atoms with E-state index in [4.69, 9.17) is 11.6 Å². The van der Waals surface area contributed by atoms with E-state index >= 15 is 0 Å². The summed E-state index contributed by atoms with van der Waals surface area (Å²) in [6.07, 6.45) is 1.41. The lowest BCUT2D eigenvalue weighted by atomic mass is 10.2. The Morgan fingerprint density at radius 3 is 2.95 bits per heavy atom. The number of carbonyl (C=O) groups excluding carboxylic acids is 1. The van der Waals surface area contributed by atoms with Gasteiger partial charge in [0.1, 0.15) is 11.5 Å². The first-order valence-corrected chi connectivity index (χ1v) is 6.07. The number of nitrogens with zero attached hydrogens (tertiary/aromatic N) is 2. The molecule has 7 heteroatoms. The van der Waals surface area contributed by atoms with E-state index in [-0.39, 0.29) is 10.7 Å². The number of halogens is 2. The lowest BCUT2D eigenvalue weighted by molar-refractivity contribution is 0.101. The van der Waals surface area contributed by atoms with Crippen molar-refractivity contribution in [2.24, 2.45) is 0 Å². The SMILES string of the molecule is CCCc1nonc1C(=O)Nc1ccc(F)c(Cl)c1. The van der Waals surface area contributed by atoms with E-state index in [0.29, 0.717) is 17.8 Å². The highest BCUT2D eigenvalue weighted by molar-refractivity contribution is 6.31. The average Bonchev–Trinajstić information content (AvgIpc) is 2.83. The van der Waals surface area contributed by atoms with Gasteiger partial charge in [0.15, 0.2) is 5.69 Å². The standard InChI is InChI=1S/C12H11ClFN3O2/c1-2-3-10-11(17-19-16-10)12(18)15-7-4-5-9(14)8(13)6-7/h4-6H,2-3H2,1H3,(H,15,18). The minimum absolute atomic E-state index is 0.0649. The van der Waals surface area contributed by atoms with Gasteiger partial charge in [-0.3, -0.25) is 4.79 Å². The molecule has 0 unspecified atom stereocenters. The van der Waals surface area contributed by atoms with E-state index in [9.17, 15) is 9.18 Å². The van der Waals surface area contributed by atoms with Crippen LogP contribution in [0.15, 0.2) is 22.8 Å². The molecule has 0 radical (unpaired) electrons. The molecule has 0 atom stereocenters. The summed E-state index contributed by atoms with van der Waals surface area (Å²) in [5.41, 5.74) is 0.998. The summed E-state index contributed by atoms with van der Waals surface area (Å²) in [5, 5.41) is 9.73. The molecule has 0 aliphatic heterocycles. The molecule has 1 aromatic carbocycles. The number of aromatic nitrogens is 2. The first-order chi connectivity index (χ1) is 9.11. The molecular weight excluding hydrogens is 273 g/mol. The Hall–Kier alpha value is -1.95. The fourth-order valence-corrected chi connectivity index (χ4v) is 1.72. The zero-order chi connectivity index (χ0) is 13.8. The third kappa shape index (κ3) is 3.08. The van der Waals surface area contributed by atoms with Crippen molar-refractivity contribution >= 4 is 23.2 Å². The van der Waals surface area contributed by atoms with E-state index in [1.165, 1.54) is 18.2 Å². The van der Waals surface area contributed by atoms with Gasteiger partial charge in [0, 0.05) is 5.69 Å². The molecule has 0 bridgehead atoms. The first kappa shape index (κ1) is 13.5. The molecule has 0 aliphatic rings. The molecule has 2 aromatic rings. The predicted octanol–water partition coefficient (Wildman–Crippen LogP) is 3.07. The van der Waals surface area contributed by atoms with Crippen LogP contribution in [-0.4, -0.2) is 16.2 Å². The molecule has 2 rings (SSSR count). The van der Waals surface area contributed by atoms with Crippen LogP contribution in [0, 0.1) is 5.82 Å². The molecule has 100 valence electrons. The second kappa shape index (κ2) is 5.79. The highest BCUT2D eigenvalue weighted by Crippen LogP contribution is 2.20. The van der Waals surface area contributed by atoms with Crippen LogP contribution in [0.3, 0.4) is 0 Å². The molecule has 0 saturated carbocycles. The molecule has 1 aromatic heterocycles. The number of anilines is 1. The van der Waals surface area contributed by atoms with E-state index in [0.717, 1.165) is 6.42 Å². The lowest BCUT2D eigenvalue weighted by Gasteiger charge is -2.04. The maximum absolute atomic E-state index is 13.0. The number of carbonyl (C=O) groups is 1. The minimum Gasteiger partial charge on any atom is -0.320 e. The fourth-order valence-electron chi connectivity index (χ4n) is 1.54. The van der Waals surface area contributed by atoms with Gasteiger partial charge in [-0.15, -0.1) is 0 Å². The Balaban J connectivity index is 2.16. The van der Waals surface area contributed by atoms with Crippen LogP contribution in [0.2, 0.25) is 5.02 Å². The van der Waals surface area contributed by atoms with Crippen molar-refractivity contribution in [1.82, 2.24) is 10.3 Å². The zero-order valence-corrected chi connectivity index (χ0v) is 10.9. The van der Waals surface area contributed by atoms with Gasteiger partial charge in [0.05, 0.1) is 5.02 Å². The average molecular weight is 284 g/mol. The van der Waals surface area contributed by atoms with E-state index < -0.39 is 11.7 Å². The number of nitrogens with one attached hydrogen (secondary N) is 1. The highest BCUT2D eigenvalue weighted by Gasteiger charge is 2.17. The molecule has 0 saturated heterocycles. The molecular formula is C12H11ClFN3O2. The van der Waals surface area contributed by atoms with Crippen LogP contribution in [0.1, 0.15) is 29.5 Å². The fraction of sp³-hybridized carbons (Fsp3) is 0.250. The summed E-state index contributed by atoms with van der Waals surface area (Å²) in [7, 11) is 0. The van der Waals surface area contributed by atoms with Crippen molar-refractivity contribution in [3.8, 4) is 0 Å². The Bertz CT molecular complexity index is 600. The van der Waals surface area contributed by atoms with Crippen LogP contribution >= 0.6 is 11.6 Å². The highest BCUT2D eigenvalue weighted by atomic mass is 35.5. The summed E-state index contributed by atoms with van der Waals surface area (Å²) < 4.78 is 17.5. The van der Waals surface area contributed by atoms with Gasteiger partial charge in [-0.25, -0.2) is 9.02 Å². The Labute approximate surface area is 113 Å². The number of hydrogen-bond donors (Lipinski definition) is 1. The zero-order valence-electron chi connectivity index (χ0n) is 10.1. The molecule has 1 N–H and O–H groups in total. The summed E-state index contributed by atoms with van der Waals surface area (Å²) in [4.78, 5) is 12.0. The topological polar surface area (TPSA) is 68.0 Å². The molecule has 1 heterocycles. The first-order valence-electron chi connectivity index (χ1n) is 5.69. The number of benzene rings is 1. The maximum Gasteiger partial charge on any atom is 0.279 e. The smallest absolute Gasteiger partial charge is 0.279 e. The molecule has 19 heavy (non-hydrogen) atoms. The van der Waals surface area contributed by atoms with Crippen molar-refractivity contribution in [3.63, 3.8) is 0 Å². The van der Waals surface area contributed by atoms with Gasteiger partial charge in [0.25, 0.3) is 5.91 Å². The van der Waals surface area contributed by atoms with Gasteiger partial charge in [-0.05, 0) is 29.8 Å². The van der Waals surface area contributed by atoms with Crippen molar-refractivity contribution in [2.45, 2.75) is 19.8 Å². The number of rotatable bonds is 4. The van der Waals surface area contributed by atoms with Gasteiger partial charge in [-0.1, -0.05) is 30.1 Å². The number of aryl methyl sites for hydroxylation is 1. The minimum atomic E-state index is -0.547. The Morgan fingerprint density at radius 2 is 2.26 bits per heavy atom. The normalized spacial score (nSPS) is 10.5. The number of amides is 1. The van der Waals surface area contributed by atoms with Gasteiger partial charge in [0.2, 0.25) is 0 Å². The molecule has 5 nitrogen and oxygen atoms in total. The van der Waals surface area contributed by atoms with Crippen LogP contribution < -0.4 is 5.32 Å². The van der Waals surface area contributed by atoms with Crippen LogP contribution in [0.4, 0.5) is 10.1 Å². The summed E-state index contributed by atoms with van der Waals surface area (Å²) >= 11 is 5.63. The molecule has 0 fully saturated rings. The Kier molecular flexibility index (Phi) is 4.11. The summed E-state index contributed by atoms with van der Waals surface area (Å²) in [6, 6.07) is 3.90. The van der Waals surface area contributed by atoms with Gasteiger partial charge in [-0.2, -0.15) is 0 Å². The largest absolute Gasteiger partial charge is 0.320 e. The van der Waals surface area contributed by atoms with Crippen molar-refractivity contribution < 1.29 is 13.8 Å². The molecule has 0 aliphatic carbocycles. The van der Waals surface area contributed by atoms with Gasteiger partial charge < -0.3 is 5.32 Å². The second-order valence-electron chi connectivity index (χ2n) is 3.89. The third-order valence-electron chi connectivity index (χ3n) is 2.44. The van der Waals surface area contributed by atoms with Crippen LogP contribution in [0.25, 0.3) is 0 Å². The predicted molar refractivity (Wildman–Crippen MR) is 67.7 cm³/mol. The maximum atomic E-state index is 13.0. The summed E-state index contributed by atoms with van der Waals surface area (Å²) in [5.74, 6) is -1.01. The Morgan fingerprint density at radius 1 is 1.47 bits per heavy atom. The van der Waals surface area contributed by atoms with Crippen molar-refractivity contribution in [3.05, 3.63) is 40.4 Å². The van der Waals surface area contributed by atoms with Crippen LogP contribution in [-0.2, 0) is 6.42 Å². The summed E-state index contributed by atoms with van der Waals surface area (Å²) in [6.45, 7) is 1.95. The quantitative estimate of drug-likeness (QED) is 0.936. The van der Waals surface area contributed by atoms with Gasteiger partial charge >= 0.3 is 0 Å². The van der Waals surface area contributed by atoms with E-state index in [2.05, 4.69) is 20.3 Å². The van der Waals surface area contributed by atoms with Crippen molar-refractivity contribution in [1.29, 1.82) is 0 Å². The molecule has 0 spiro atoms. The third-order valence-corrected chi connectivity index (χ3v) is 2.73. The van der Waals surface area contributed by atoms with Crippen molar-refractivity contribution in [2.75, 3.05) is 5.32 Å². The second-order valence-corrected chi connectivity index (χ2v) is 4.30. The molecule has 1 amide bonds. The van der Waals surface area contributed by atoms with E-state index in [1.807, 2.05) is 6.92 Å². The van der Waals surface area contributed by atoms with E-state index in [1.54, 1.807) is 0 Å².